The SMILES string of the molecule is Cc1nc(C)c(C(OC(C)(C)C)C(=O)O)c(N2CCC(C)(C)CC2)c1-c1ccc2c(c1)CCN(Cc1cccc(C(=O)O)c1)C2. The van der Waals surface area contributed by atoms with Gasteiger partial charge in [-0.1, -0.05) is 44.2 Å². The Bertz CT molecular complexity index is 1600. The molecule has 240 valence electrons. The Morgan fingerprint density at radius 3 is 2.33 bits per heavy atom. The molecule has 1 saturated heterocycles. The molecule has 2 aliphatic heterocycles. The number of ether oxygens (including phenoxy) is 1. The van der Waals surface area contributed by atoms with E-state index in [4.69, 9.17) is 9.72 Å². The summed E-state index contributed by atoms with van der Waals surface area (Å²) in [6.07, 6.45) is 1.75. The number of piperidine rings is 1. The van der Waals surface area contributed by atoms with Gasteiger partial charge in [0.15, 0.2) is 6.10 Å². The van der Waals surface area contributed by atoms with Crippen molar-refractivity contribution in [3.05, 3.63) is 81.7 Å². The molecule has 0 amide bonds. The minimum atomic E-state index is -1.15. The highest BCUT2D eigenvalue weighted by atomic mass is 16.5. The lowest BCUT2D eigenvalue weighted by Crippen LogP contribution is -2.39. The number of fused-ring (bicyclic) bond motifs is 1. The average Bonchev–Trinajstić information content (AvgIpc) is 2.95. The molecule has 8 nitrogen and oxygen atoms in total. The van der Waals surface area contributed by atoms with Gasteiger partial charge in [0, 0.05) is 55.2 Å². The maximum Gasteiger partial charge on any atom is 0.337 e. The molecule has 5 rings (SSSR count). The van der Waals surface area contributed by atoms with E-state index in [9.17, 15) is 19.8 Å². The van der Waals surface area contributed by atoms with Gasteiger partial charge in [0.1, 0.15) is 0 Å². The van der Waals surface area contributed by atoms with Crippen molar-refractivity contribution >= 4 is 17.6 Å². The van der Waals surface area contributed by atoms with Crippen LogP contribution in [0.2, 0.25) is 0 Å². The Hall–Kier alpha value is -3.75. The Kier molecular flexibility index (Phi) is 9.11. The Labute approximate surface area is 267 Å². The van der Waals surface area contributed by atoms with Crippen LogP contribution in [0.1, 0.15) is 97.6 Å². The molecule has 3 aromatic rings. The number of hydrogen-bond acceptors (Lipinski definition) is 6. The molecule has 0 aliphatic carbocycles. The second kappa shape index (κ2) is 12.6. The van der Waals surface area contributed by atoms with Gasteiger partial charge >= 0.3 is 11.9 Å². The molecule has 1 atom stereocenters. The predicted molar refractivity (Wildman–Crippen MR) is 177 cm³/mol. The van der Waals surface area contributed by atoms with Gasteiger partial charge in [0.05, 0.1) is 16.9 Å². The standard InChI is InChI=1S/C37H47N3O5/c1-23-30(27-11-12-29-22-39(16-13-26(29)20-27)21-25-9-8-10-28(19-25)34(41)42)32(40-17-14-37(6,7)15-18-40)31(24(2)38-23)33(35(43)44)45-36(3,4)5/h8-12,19-20,33H,13-18,21-22H2,1-7H3,(H,41,42)(H,43,44). The van der Waals surface area contributed by atoms with Crippen LogP contribution in [0.25, 0.3) is 11.1 Å². The van der Waals surface area contributed by atoms with Crippen LogP contribution in [0.3, 0.4) is 0 Å². The van der Waals surface area contributed by atoms with Crippen molar-refractivity contribution in [3.63, 3.8) is 0 Å². The van der Waals surface area contributed by atoms with E-state index < -0.39 is 23.6 Å². The van der Waals surface area contributed by atoms with Crippen molar-refractivity contribution in [3.8, 4) is 11.1 Å². The molecule has 1 aromatic heterocycles. The third-order valence-electron chi connectivity index (χ3n) is 9.14. The molecular weight excluding hydrogens is 566 g/mol. The summed E-state index contributed by atoms with van der Waals surface area (Å²) in [4.78, 5) is 33.9. The third kappa shape index (κ3) is 7.39. The minimum absolute atomic E-state index is 0.231. The molecule has 0 saturated carbocycles. The number of aromatic nitrogens is 1. The largest absolute Gasteiger partial charge is 0.479 e. The first-order valence-corrected chi connectivity index (χ1v) is 16.0. The zero-order valence-electron chi connectivity index (χ0n) is 27.7. The molecule has 8 heteroatoms. The second-order valence-corrected chi connectivity index (χ2v) is 14.5. The van der Waals surface area contributed by atoms with Gasteiger partial charge in [-0.25, -0.2) is 9.59 Å². The summed E-state index contributed by atoms with van der Waals surface area (Å²) in [5, 5.41) is 19.9. The van der Waals surface area contributed by atoms with Crippen molar-refractivity contribution in [2.24, 2.45) is 5.41 Å². The van der Waals surface area contributed by atoms with Crippen LogP contribution in [0, 0.1) is 19.3 Å². The average molecular weight is 614 g/mol. The molecule has 45 heavy (non-hydrogen) atoms. The fourth-order valence-corrected chi connectivity index (χ4v) is 6.72. The molecule has 1 fully saturated rings. The van der Waals surface area contributed by atoms with E-state index in [-0.39, 0.29) is 5.41 Å². The van der Waals surface area contributed by atoms with E-state index in [1.807, 2.05) is 40.7 Å². The van der Waals surface area contributed by atoms with Crippen LogP contribution in [0.5, 0.6) is 0 Å². The Balaban J connectivity index is 1.54. The topological polar surface area (TPSA) is 103 Å². The van der Waals surface area contributed by atoms with Gasteiger partial charge in [-0.3, -0.25) is 9.88 Å². The van der Waals surface area contributed by atoms with Gasteiger partial charge in [-0.2, -0.15) is 0 Å². The Morgan fingerprint density at radius 1 is 0.978 bits per heavy atom. The van der Waals surface area contributed by atoms with Gasteiger partial charge in [-0.15, -0.1) is 0 Å². The van der Waals surface area contributed by atoms with Gasteiger partial charge in [0.25, 0.3) is 0 Å². The second-order valence-electron chi connectivity index (χ2n) is 14.5. The number of rotatable bonds is 8. The number of hydrogen-bond donors (Lipinski definition) is 2. The molecule has 3 heterocycles. The summed E-state index contributed by atoms with van der Waals surface area (Å²) in [7, 11) is 0. The number of aromatic carboxylic acids is 1. The molecular formula is C37H47N3O5. The van der Waals surface area contributed by atoms with Crippen molar-refractivity contribution in [1.29, 1.82) is 0 Å². The Morgan fingerprint density at radius 2 is 1.69 bits per heavy atom. The van der Waals surface area contributed by atoms with E-state index in [0.717, 1.165) is 73.5 Å². The van der Waals surface area contributed by atoms with Gasteiger partial charge < -0.3 is 19.8 Å². The first-order chi connectivity index (χ1) is 21.1. The van der Waals surface area contributed by atoms with E-state index in [0.29, 0.717) is 23.4 Å². The predicted octanol–water partition coefficient (Wildman–Crippen LogP) is 7.19. The lowest BCUT2D eigenvalue weighted by atomic mass is 9.81. The fraction of sp³-hybridized carbons (Fsp3) is 0.486. The molecule has 1 unspecified atom stereocenters. The number of carbonyl (C=O) groups is 2. The monoisotopic (exact) mass is 613 g/mol. The van der Waals surface area contributed by atoms with Crippen LogP contribution in [-0.4, -0.2) is 57.3 Å². The highest BCUT2D eigenvalue weighted by Crippen LogP contribution is 2.45. The minimum Gasteiger partial charge on any atom is -0.479 e. The molecule has 2 N–H and O–H groups in total. The quantitative estimate of drug-likeness (QED) is 0.275. The van der Waals surface area contributed by atoms with Crippen molar-refractivity contribution in [2.75, 3.05) is 24.5 Å². The highest BCUT2D eigenvalue weighted by molar-refractivity contribution is 5.88. The zero-order valence-corrected chi connectivity index (χ0v) is 27.7. The number of benzene rings is 2. The summed E-state index contributed by atoms with van der Waals surface area (Å²) in [6.45, 7) is 18.2. The van der Waals surface area contributed by atoms with Gasteiger partial charge in [0.2, 0.25) is 0 Å². The van der Waals surface area contributed by atoms with Gasteiger partial charge in [-0.05, 0) is 93.7 Å². The summed E-state index contributed by atoms with van der Waals surface area (Å²) in [5.74, 6) is -1.92. The van der Waals surface area contributed by atoms with Crippen LogP contribution in [0.15, 0.2) is 42.5 Å². The zero-order chi connectivity index (χ0) is 32.7. The third-order valence-corrected chi connectivity index (χ3v) is 9.14. The molecule has 0 spiro atoms. The summed E-state index contributed by atoms with van der Waals surface area (Å²) < 4.78 is 6.24. The number of aliphatic carboxylic acids is 1. The molecule has 2 aromatic carbocycles. The highest BCUT2D eigenvalue weighted by Gasteiger charge is 2.36. The van der Waals surface area contributed by atoms with E-state index in [2.05, 4.69) is 41.8 Å². The van der Waals surface area contributed by atoms with Crippen LogP contribution in [-0.2, 0) is 29.0 Å². The number of nitrogens with zero attached hydrogens (tertiary/aromatic N) is 3. The number of carboxylic acid groups (broad SMARTS) is 2. The summed E-state index contributed by atoms with van der Waals surface area (Å²) in [6, 6.07) is 13.8. The summed E-state index contributed by atoms with van der Waals surface area (Å²) >= 11 is 0. The van der Waals surface area contributed by atoms with Crippen molar-refractivity contribution in [2.45, 2.75) is 92.5 Å². The van der Waals surface area contributed by atoms with Crippen molar-refractivity contribution in [1.82, 2.24) is 9.88 Å². The number of anilines is 1. The first kappa shape index (κ1) is 32.6. The van der Waals surface area contributed by atoms with E-state index in [1.54, 1.807) is 18.2 Å². The van der Waals surface area contributed by atoms with E-state index in [1.165, 1.54) is 11.1 Å². The maximum atomic E-state index is 12.8. The van der Waals surface area contributed by atoms with Crippen LogP contribution in [0.4, 0.5) is 5.69 Å². The fourth-order valence-electron chi connectivity index (χ4n) is 6.72. The maximum absolute atomic E-state index is 12.8. The van der Waals surface area contributed by atoms with Crippen molar-refractivity contribution < 1.29 is 24.5 Å². The van der Waals surface area contributed by atoms with E-state index >= 15 is 0 Å². The number of carboxylic acids is 2. The molecule has 0 radical (unpaired) electrons. The smallest absolute Gasteiger partial charge is 0.337 e. The van der Waals surface area contributed by atoms with Crippen LogP contribution >= 0.6 is 0 Å². The molecule has 2 aliphatic rings. The number of aryl methyl sites for hydroxylation is 2. The van der Waals surface area contributed by atoms with Crippen LogP contribution < -0.4 is 4.90 Å². The first-order valence-electron chi connectivity index (χ1n) is 16.0. The normalized spacial score (nSPS) is 17.5. The lowest BCUT2D eigenvalue weighted by molar-refractivity contribution is -0.160. The molecule has 0 bridgehead atoms. The lowest BCUT2D eigenvalue weighted by Gasteiger charge is -2.41. The number of pyridine rings is 1. The summed E-state index contributed by atoms with van der Waals surface area (Å²) in [5.41, 5.74) is 8.56.